The van der Waals surface area contributed by atoms with Crippen molar-refractivity contribution in [2.45, 2.75) is 38.7 Å². The first-order chi connectivity index (χ1) is 13.2. The lowest BCUT2D eigenvalue weighted by Crippen LogP contribution is -2.41. The number of amides is 1. The first-order valence-electron chi connectivity index (χ1n) is 9.38. The Bertz CT molecular complexity index is 768. The van der Waals surface area contributed by atoms with Crippen molar-refractivity contribution in [1.82, 2.24) is 9.97 Å². The number of para-hydroxylation sites is 2. The van der Waals surface area contributed by atoms with E-state index in [1.165, 1.54) is 0 Å². The van der Waals surface area contributed by atoms with Crippen LogP contribution in [0.1, 0.15) is 31.9 Å². The van der Waals surface area contributed by atoms with Crippen molar-refractivity contribution in [3.05, 3.63) is 42.4 Å². The van der Waals surface area contributed by atoms with Crippen LogP contribution in [0.15, 0.2) is 36.7 Å². The van der Waals surface area contributed by atoms with Crippen LogP contribution in [0.2, 0.25) is 0 Å². The second-order valence-electron chi connectivity index (χ2n) is 6.54. The summed E-state index contributed by atoms with van der Waals surface area (Å²) in [7, 11) is 0. The second kappa shape index (κ2) is 9.21. The van der Waals surface area contributed by atoms with Gasteiger partial charge >= 0.3 is 0 Å². The summed E-state index contributed by atoms with van der Waals surface area (Å²) in [5.74, 6) is 2.02. The normalized spacial score (nSPS) is 16.8. The summed E-state index contributed by atoms with van der Waals surface area (Å²) in [4.78, 5) is 22.1. The van der Waals surface area contributed by atoms with Crippen LogP contribution in [0.25, 0.3) is 0 Å². The Labute approximate surface area is 159 Å². The molecule has 1 amide bonds. The number of carbonyl (C=O) groups is 1. The number of piperidine rings is 1. The van der Waals surface area contributed by atoms with Crippen molar-refractivity contribution in [3.8, 4) is 11.5 Å². The Balaban J connectivity index is 1.66. The Kier molecular flexibility index (Phi) is 6.46. The van der Waals surface area contributed by atoms with Gasteiger partial charge in [0.15, 0.2) is 11.5 Å². The molecule has 1 aliphatic heterocycles. The van der Waals surface area contributed by atoms with Crippen LogP contribution in [0.5, 0.6) is 11.5 Å². The molecular formula is C20H26N4O3. The molecule has 2 aromatic rings. The third-order valence-electron chi connectivity index (χ3n) is 4.44. The Morgan fingerprint density at radius 1 is 1.30 bits per heavy atom. The third kappa shape index (κ3) is 5.32. The molecule has 0 spiro atoms. The minimum absolute atomic E-state index is 0.0523. The molecule has 7 nitrogen and oxygen atoms in total. The number of rotatable bonds is 8. The van der Waals surface area contributed by atoms with Crippen molar-refractivity contribution in [2.75, 3.05) is 24.6 Å². The number of hydrogen-bond acceptors (Lipinski definition) is 6. The summed E-state index contributed by atoms with van der Waals surface area (Å²) in [6, 6.07) is 7.76. The highest BCUT2D eigenvalue weighted by atomic mass is 16.5. The quantitative estimate of drug-likeness (QED) is 0.767. The number of benzene rings is 1. The first kappa shape index (κ1) is 18.9. The van der Waals surface area contributed by atoms with Crippen molar-refractivity contribution in [1.29, 1.82) is 0 Å². The minimum atomic E-state index is -0.332. The van der Waals surface area contributed by atoms with Gasteiger partial charge in [-0.3, -0.25) is 9.78 Å². The zero-order chi connectivity index (χ0) is 19.1. The molecule has 1 aromatic heterocycles. The summed E-state index contributed by atoms with van der Waals surface area (Å²) < 4.78 is 11.9. The van der Waals surface area contributed by atoms with Gasteiger partial charge in [0.2, 0.25) is 5.91 Å². The number of carbonyl (C=O) groups excluding carboxylic acids is 1. The molecule has 1 aromatic carbocycles. The predicted molar refractivity (Wildman–Crippen MR) is 103 cm³/mol. The SMILES string of the molecule is CCOc1ccccc1OC1CCCN(c2cncc(CCC(N)=O)n2)C1. The van der Waals surface area contributed by atoms with E-state index in [0.29, 0.717) is 13.0 Å². The van der Waals surface area contributed by atoms with E-state index in [1.54, 1.807) is 12.4 Å². The number of anilines is 1. The minimum Gasteiger partial charge on any atom is -0.490 e. The van der Waals surface area contributed by atoms with E-state index in [1.807, 2.05) is 31.2 Å². The second-order valence-corrected chi connectivity index (χ2v) is 6.54. The number of primary amides is 1. The van der Waals surface area contributed by atoms with Crippen molar-refractivity contribution >= 4 is 11.7 Å². The van der Waals surface area contributed by atoms with Gasteiger partial charge in [0, 0.05) is 25.6 Å². The number of aromatic nitrogens is 2. The van der Waals surface area contributed by atoms with Crippen LogP contribution in [-0.2, 0) is 11.2 Å². The maximum absolute atomic E-state index is 11.0. The van der Waals surface area contributed by atoms with Gasteiger partial charge in [0.1, 0.15) is 11.9 Å². The lowest BCUT2D eigenvalue weighted by molar-refractivity contribution is -0.118. The number of aryl methyl sites for hydroxylation is 1. The van der Waals surface area contributed by atoms with E-state index in [2.05, 4.69) is 14.9 Å². The Morgan fingerprint density at radius 3 is 2.89 bits per heavy atom. The van der Waals surface area contributed by atoms with Crippen LogP contribution < -0.4 is 20.1 Å². The fourth-order valence-corrected chi connectivity index (χ4v) is 3.16. The topological polar surface area (TPSA) is 90.6 Å². The van der Waals surface area contributed by atoms with Crippen LogP contribution in [0.3, 0.4) is 0 Å². The van der Waals surface area contributed by atoms with Gasteiger partial charge in [-0.05, 0) is 31.9 Å². The molecule has 1 unspecified atom stereocenters. The summed E-state index contributed by atoms with van der Waals surface area (Å²) in [5, 5.41) is 0. The molecule has 0 saturated carbocycles. The van der Waals surface area contributed by atoms with Gasteiger partial charge in [-0.1, -0.05) is 12.1 Å². The lowest BCUT2D eigenvalue weighted by Gasteiger charge is -2.33. The smallest absolute Gasteiger partial charge is 0.217 e. The highest BCUT2D eigenvalue weighted by molar-refractivity contribution is 5.73. The molecule has 0 aliphatic carbocycles. The number of nitrogens with two attached hydrogens (primary N) is 1. The Morgan fingerprint density at radius 2 is 2.11 bits per heavy atom. The van der Waals surface area contributed by atoms with E-state index in [4.69, 9.17) is 15.2 Å². The van der Waals surface area contributed by atoms with Crippen LogP contribution in [0.4, 0.5) is 5.82 Å². The first-order valence-corrected chi connectivity index (χ1v) is 9.38. The molecule has 2 heterocycles. The van der Waals surface area contributed by atoms with Crippen molar-refractivity contribution in [2.24, 2.45) is 5.73 Å². The highest BCUT2D eigenvalue weighted by Gasteiger charge is 2.23. The van der Waals surface area contributed by atoms with E-state index in [0.717, 1.165) is 48.9 Å². The number of ether oxygens (including phenoxy) is 2. The van der Waals surface area contributed by atoms with Crippen molar-refractivity contribution < 1.29 is 14.3 Å². The van der Waals surface area contributed by atoms with Crippen LogP contribution >= 0.6 is 0 Å². The van der Waals surface area contributed by atoms with Gasteiger partial charge in [0.25, 0.3) is 0 Å². The van der Waals surface area contributed by atoms with Crippen molar-refractivity contribution in [3.63, 3.8) is 0 Å². The molecule has 1 saturated heterocycles. The fourth-order valence-electron chi connectivity index (χ4n) is 3.16. The molecule has 2 N–H and O–H groups in total. The third-order valence-corrected chi connectivity index (χ3v) is 4.44. The molecule has 0 bridgehead atoms. The van der Waals surface area contributed by atoms with Crippen LogP contribution in [0, 0.1) is 0 Å². The molecule has 1 fully saturated rings. The van der Waals surface area contributed by atoms with Gasteiger partial charge in [0.05, 0.1) is 25.0 Å². The molecule has 7 heteroatoms. The van der Waals surface area contributed by atoms with E-state index < -0.39 is 0 Å². The number of nitrogens with zero attached hydrogens (tertiary/aromatic N) is 3. The molecule has 3 rings (SSSR count). The average Bonchev–Trinajstić information content (AvgIpc) is 2.69. The van der Waals surface area contributed by atoms with Gasteiger partial charge in [-0.25, -0.2) is 4.98 Å². The van der Waals surface area contributed by atoms with Crippen LogP contribution in [-0.4, -0.2) is 41.7 Å². The molecule has 27 heavy (non-hydrogen) atoms. The zero-order valence-electron chi connectivity index (χ0n) is 15.6. The van der Waals surface area contributed by atoms with Gasteiger partial charge in [-0.15, -0.1) is 0 Å². The zero-order valence-corrected chi connectivity index (χ0v) is 15.6. The fraction of sp³-hybridized carbons (Fsp3) is 0.450. The Hall–Kier alpha value is -2.83. The average molecular weight is 370 g/mol. The molecule has 0 radical (unpaired) electrons. The lowest BCUT2D eigenvalue weighted by atomic mass is 10.1. The monoisotopic (exact) mass is 370 g/mol. The maximum atomic E-state index is 11.0. The highest BCUT2D eigenvalue weighted by Crippen LogP contribution is 2.29. The maximum Gasteiger partial charge on any atom is 0.217 e. The van der Waals surface area contributed by atoms with E-state index in [9.17, 15) is 4.79 Å². The molecule has 1 atom stereocenters. The summed E-state index contributed by atoms with van der Waals surface area (Å²) in [6.07, 6.45) is 6.26. The van der Waals surface area contributed by atoms with Gasteiger partial charge in [-0.2, -0.15) is 0 Å². The molecular weight excluding hydrogens is 344 g/mol. The summed E-state index contributed by atoms with van der Waals surface area (Å²) in [5.41, 5.74) is 6.00. The molecule has 1 aliphatic rings. The summed E-state index contributed by atoms with van der Waals surface area (Å²) >= 11 is 0. The van der Waals surface area contributed by atoms with E-state index in [-0.39, 0.29) is 18.4 Å². The predicted octanol–water partition coefficient (Wildman–Crippen LogP) is 2.34. The number of hydrogen-bond donors (Lipinski definition) is 1. The van der Waals surface area contributed by atoms with E-state index >= 15 is 0 Å². The standard InChI is InChI=1S/C20H26N4O3/c1-2-26-17-7-3-4-8-18(17)27-16-6-5-11-24(14-16)20-13-22-12-15(23-20)9-10-19(21)25/h3-4,7-8,12-13,16H,2,5-6,9-11,14H2,1H3,(H2,21,25). The van der Waals surface area contributed by atoms with Gasteiger partial charge < -0.3 is 20.1 Å². The summed E-state index contributed by atoms with van der Waals surface area (Å²) in [6.45, 7) is 4.20. The largest absolute Gasteiger partial charge is 0.490 e. The molecule has 144 valence electrons.